The van der Waals surface area contributed by atoms with Crippen LogP contribution in [0.5, 0.6) is 5.75 Å². The molecule has 0 bridgehead atoms. The molecule has 2 heteroatoms. The van der Waals surface area contributed by atoms with Crippen LogP contribution in [0, 0.1) is 14.1 Å². The molecule has 0 aliphatic rings. The zero-order valence-electron chi connectivity index (χ0n) is 12.9. The van der Waals surface area contributed by atoms with Crippen LogP contribution in [0.3, 0.4) is 0 Å². The van der Waals surface area contributed by atoms with E-state index in [2.05, 4.69) is 62.4 Å². The molecule has 0 amide bonds. The fraction of sp³-hybridized carbons (Fsp3) is 0.368. The van der Waals surface area contributed by atoms with Crippen molar-refractivity contribution in [3.63, 3.8) is 0 Å². The fourth-order valence-electron chi connectivity index (χ4n) is 2.03. The van der Waals surface area contributed by atoms with Gasteiger partial charge in [-0.25, -0.2) is 0 Å². The van der Waals surface area contributed by atoms with Gasteiger partial charge in [0.05, 0.1) is 0 Å². The summed E-state index contributed by atoms with van der Waals surface area (Å²) >= 11 is -0.0744. The number of ether oxygens (including phenoxy) is 1. The van der Waals surface area contributed by atoms with Crippen molar-refractivity contribution >= 4 is 0 Å². The Morgan fingerprint density at radius 2 is 1.43 bits per heavy atom. The first-order chi connectivity index (χ1) is 10.3. The fourth-order valence-corrected chi connectivity index (χ4v) is 4.19. The summed E-state index contributed by atoms with van der Waals surface area (Å²) in [6.07, 6.45) is 5.01. The van der Waals surface area contributed by atoms with E-state index in [1.54, 1.807) is 0 Å². The molecule has 1 nitrogen and oxygen atoms in total. The minimum atomic E-state index is -0.0744. The Morgan fingerprint density at radius 3 is 2.05 bits per heavy atom. The summed E-state index contributed by atoms with van der Waals surface area (Å²) in [6, 6.07) is 17.6. The van der Waals surface area contributed by atoms with Crippen LogP contribution in [0.25, 0.3) is 0 Å². The summed E-state index contributed by atoms with van der Waals surface area (Å²) < 4.78 is 8.69. The number of hydrogen-bond donors (Lipinski definition) is 0. The third kappa shape index (κ3) is 6.08. The van der Waals surface area contributed by atoms with Gasteiger partial charge in [0, 0.05) is 0 Å². The van der Waals surface area contributed by atoms with Gasteiger partial charge in [0.2, 0.25) is 0 Å². The monoisotopic (exact) mass is 395 g/mol. The molecule has 21 heavy (non-hydrogen) atoms. The second-order valence-corrected chi connectivity index (χ2v) is 8.28. The van der Waals surface area contributed by atoms with E-state index in [-0.39, 0.29) is 21.2 Å². The SMILES string of the molecule is CCCCCCOc1ccc([I-]c2ccc(C)cc2)cc1. The summed E-state index contributed by atoms with van der Waals surface area (Å²) in [5.74, 6) is 1.00. The van der Waals surface area contributed by atoms with Crippen molar-refractivity contribution in [1.29, 1.82) is 0 Å². The normalized spacial score (nSPS) is 10.8. The number of unbranched alkanes of at least 4 members (excludes halogenated alkanes) is 3. The first-order valence-electron chi connectivity index (χ1n) is 7.72. The summed E-state index contributed by atoms with van der Waals surface area (Å²) in [4.78, 5) is 0. The molecule has 0 spiro atoms. The maximum atomic E-state index is 5.79. The molecule has 2 aromatic rings. The van der Waals surface area contributed by atoms with Crippen molar-refractivity contribution in [2.45, 2.75) is 39.5 Å². The quantitative estimate of drug-likeness (QED) is 0.492. The minimum absolute atomic E-state index is 0.0744. The van der Waals surface area contributed by atoms with Crippen LogP contribution >= 0.6 is 0 Å². The van der Waals surface area contributed by atoms with Gasteiger partial charge in [-0.1, -0.05) is 0 Å². The van der Waals surface area contributed by atoms with Gasteiger partial charge >= 0.3 is 139 Å². The molecular formula is C19H24IO-. The molecule has 0 aromatic heterocycles. The Bertz CT molecular complexity index is 516. The van der Waals surface area contributed by atoms with Crippen LogP contribution in [0.15, 0.2) is 48.5 Å². The van der Waals surface area contributed by atoms with Crippen molar-refractivity contribution in [3.8, 4) is 5.75 Å². The van der Waals surface area contributed by atoms with E-state index in [0.29, 0.717) is 0 Å². The Balaban J connectivity index is 1.80. The van der Waals surface area contributed by atoms with Crippen molar-refractivity contribution in [1.82, 2.24) is 0 Å². The molecule has 0 saturated heterocycles. The van der Waals surface area contributed by atoms with Crippen LogP contribution < -0.4 is 25.9 Å². The van der Waals surface area contributed by atoms with Gasteiger partial charge in [-0.05, 0) is 0 Å². The summed E-state index contributed by atoms with van der Waals surface area (Å²) in [5, 5.41) is 0. The molecule has 0 atom stereocenters. The van der Waals surface area contributed by atoms with Gasteiger partial charge in [-0.15, -0.1) is 0 Å². The average Bonchev–Trinajstić information content (AvgIpc) is 2.51. The standard InChI is InChI=1S/C19H24IO/c1-3-4-5-6-15-21-19-13-11-18(12-14-19)20-17-9-7-16(2)8-10-17/h7-14H,3-6,15H2,1-2H3/q-1. The second kappa shape index (κ2) is 9.08. The Morgan fingerprint density at radius 1 is 0.810 bits per heavy atom. The summed E-state index contributed by atoms with van der Waals surface area (Å²) in [6.45, 7) is 5.21. The topological polar surface area (TPSA) is 9.23 Å². The van der Waals surface area contributed by atoms with E-state index >= 15 is 0 Å². The van der Waals surface area contributed by atoms with Crippen molar-refractivity contribution < 1.29 is 25.9 Å². The third-order valence-electron chi connectivity index (χ3n) is 3.31. The number of halogens is 1. The molecule has 0 radical (unpaired) electrons. The van der Waals surface area contributed by atoms with Crippen molar-refractivity contribution in [2.24, 2.45) is 0 Å². The van der Waals surface area contributed by atoms with Gasteiger partial charge < -0.3 is 0 Å². The van der Waals surface area contributed by atoms with E-state index in [1.165, 1.54) is 32.0 Å². The molecule has 0 aliphatic carbocycles. The first-order valence-corrected chi connectivity index (χ1v) is 9.88. The third-order valence-corrected chi connectivity index (χ3v) is 5.99. The number of rotatable bonds is 8. The number of hydrogen-bond acceptors (Lipinski definition) is 1. The molecule has 2 aromatic carbocycles. The average molecular weight is 395 g/mol. The van der Waals surface area contributed by atoms with Crippen LogP contribution in [-0.2, 0) is 0 Å². The summed E-state index contributed by atoms with van der Waals surface area (Å²) in [7, 11) is 0. The van der Waals surface area contributed by atoms with E-state index in [4.69, 9.17) is 4.74 Å². The Hall–Kier alpha value is -1.03. The predicted molar refractivity (Wildman–Crippen MR) is 84.7 cm³/mol. The van der Waals surface area contributed by atoms with Crippen LogP contribution in [0.1, 0.15) is 38.2 Å². The van der Waals surface area contributed by atoms with Crippen LogP contribution in [0.4, 0.5) is 0 Å². The number of aryl methyl sites for hydroxylation is 1. The van der Waals surface area contributed by atoms with E-state index < -0.39 is 0 Å². The molecule has 0 aliphatic heterocycles. The predicted octanol–water partition coefficient (Wildman–Crippen LogP) is 2.08. The molecule has 114 valence electrons. The van der Waals surface area contributed by atoms with Gasteiger partial charge in [-0.3, -0.25) is 0 Å². The van der Waals surface area contributed by atoms with E-state index in [0.717, 1.165) is 18.8 Å². The second-order valence-electron chi connectivity index (χ2n) is 5.25. The first kappa shape index (κ1) is 16.3. The van der Waals surface area contributed by atoms with Gasteiger partial charge in [-0.2, -0.15) is 0 Å². The molecule has 0 saturated carbocycles. The van der Waals surface area contributed by atoms with Gasteiger partial charge in [0.15, 0.2) is 0 Å². The Kier molecular flexibility index (Phi) is 7.07. The molecule has 0 fully saturated rings. The Labute approximate surface area is 139 Å². The summed E-state index contributed by atoms with van der Waals surface area (Å²) in [5.41, 5.74) is 1.33. The van der Waals surface area contributed by atoms with Crippen LogP contribution in [0.2, 0.25) is 0 Å². The number of benzene rings is 2. The molecule has 2 rings (SSSR count). The van der Waals surface area contributed by atoms with Gasteiger partial charge in [0.25, 0.3) is 0 Å². The maximum absolute atomic E-state index is 5.79. The zero-order chi connectivity index (χ0) is 14.9. The van der Waals surface area contributed by atoms with Crippen molar-refractivity contribution in [2.75, 3.05) is 6.61 Å². The van der Waals surface area contributed by atoms with E-state index in [1.807, 2.05) is 0 Å². The zero-order valence-corrected chi connectivity index (χ0v) is 15.1. The van der Waals surface area contributed by atoms with Crippen LogP contribution in [-0.4, -0.2) is 6.61 Å². The molecule has 0 unspecified atom stereocenters. The molecular weight excluding hydrogens is 371 g/mol. The molecule has 0 heterocycles. The van der Waals surface area contributed by atoms with Crippen molar-refractivity contribution in [3.05, 3.63) is 61.2 Å². The van der Waals surface area contributed by atoms with Gasteiger partial charge in [0.1, 0.15) is 0 Å². The molecule has 0 N–H and O–H groups in total. The van der Waals surface area contributed by atoms with E-state index in [9.17, 15) is 0 Å².